The van der Waals surface area contributed by atoms with Gasteiger partial charge in [-0.05, 0) is 49.7 Å². The van der Waals surface area contributed by atoms with Crippen molar-refractivity contribution in [3.05, 3.63) is 41.7 Å². The Hall–Kier alpha value is -3.17. The highest BCUT2D eigenvalue weighted by Gasteiger charge is 2.27. The minimum absolute atomic E-state index is 0.0811. The van der Waals surface area contributed by atoms with E-state index in [0.717, 1.165) is 11.6 Å². The highest BCUT2D eigenvalue weighted by atomic mass is 19.1. The Morgan fingerprint density at radius 3 is 2.79 bits per heavy atom. The molecule has 0 bridgehead atoms. The van der Waals surface area contributed by atoms with Crippen molar-refractivity contribution in [3.8, 4) is 11.4 Å². The lowest BCUT2D eigenvalue weighted by molar-refractivity contribution is -0.133. The van der Waals surface area contributed by atoms with Crippen molar-refractivity contribution < 1.29 is 9.18 Å². The van der Waals surface area contributed by atoms with Crippen LogP contribution in [-0.4, -0.2) is 52.3 Å². The molecule has 0 radical (unpaired) electrons. The summed E-state index contributed by atoms with van der Waals surface area (Å²) in [6.07, 6.45) is 1.00. The van der Waals surface area contributed by atoms with Gasteiger partial charge in [-0.3, -0.25) is 4.79 Å². The van der Waals surface area contributed by atoms with E-state index in [1.165, 1.54) is 16.9 Å². The summed E-state index contributed by atoms with van der Waals surface area (Å²) in [5.74, 6) is 1.91. The minimum Gasteiger partial charge on any atom is -0.333 e. The summed E-state index contributed by atoms with van der Waals surface area (Å²) in [4.78, 5) is 15.9. The van der Waals surface area contributed by atoms with Crippen molar-refractivity contribution in [3.63, 3.8) is 0 Å². The molecule has 9 nitrogen and oxygen atoms in total. The van der Waals surface area contributed by atoms with E-state index in [2.05, 4.69) is 37.1 Å². The van der Waals surface area contributed by atoms with Gasteiger partial charge >= 0.3 is 0 Å². The van der Waals surface area contributed by atoms with Gasteiger partial charge in [-0.1, -0.05) is 0 Å². The Kier molecular flexibility index (Phi) is 4.84. The molecule has 0 aliphatic carbocycles. The van der Waals surface area contributed by atoms with Crippen LogP contribution in [0.2, 0.25) is 0 Å². The summed E-state index contributed by atoms with van der Waals surface area (Å²) in [5.41, 5.74) is 0.699. The highest BCUT2D eigenvalue weighted by molar-refractivity contribution is 5.76. The molecule has 0 saturated heterocycles. The predicted molar refractivity (Wildman–Crippen MR) is 97.3 cm³/mol. The summed E-state index contributed by atoms with van der Waals surface area (Å²) in [6.45, 7) is 5.62. The summed E-state index contributed by atoms with van der Waals surface area (Å²) in [6, 6.07) is 6.10. The maximum atomic E-state index is 13.0. The zero-order valence-corrected chi connectivity index (χ0v) is 15.8. The number of hydrogen-bond acceptors (Lipinski definition) is 6. The third kappa shape index (κ3) is 3.62. The van der Waals surface area contributed by atoms with E-state index in [1.807, 2.05) is 11.8 Å². The van der Waals surface area contributed by atoms with E-state index in [4.69, 9.17) is 0 Å². The van der Waals surface area contributed by atoms with Crippen LogP contribution in [0.3, 0.4) is 0 Å². The number of benzene rings is 1. The molecule has 0 saturated carbocycles. The molecule has 0 fully saturated rings. The quantitative estimate of drug-likeness (QED) is 0.665. The number of fused-ring (bicyclic) bond motifs is 1. The van der Waals surface area contributed by atoms with Crippen LogP contribution < -0.4 is 0 Å². The number of aryl methyl sites for hydroxylation is 2. The zero-order chi connectivity index (χ0) is 19.7. The lowest BCUT2D eigenvalue weighted by atomic mass is 10.2. The van der Waals surface area contributed by atoms with Crippen molar-refractivity contribution in [2.75, 3.05) is 6.54 Å². The van der Waals surface area contributed by atoms with Crippen LogP contribution in [0.25, 0.3) is 11.4 Å². The van der Waals surface area contributed by atoms with Crippen LogP contribution in [-0.2, 0) is 17.9 Å². The molecule has 4 rings (SSSR count). The molecule has 146 valence electrons. The van der Waals surface area contributed by atoms with Crippen LogP contribution in [0.15, 0.2) is 24.3 Å². The monoisotopic (exact) mass is 384 g/mol. The highest BCUT2D eigenvalue weighted by Crippen LogP contribution is 2.21. The molecule has 1 aliphatic rings. The lowest BCUT2D eigenvalue weighted by Crippen LogP contribution is -2.40. The average molecular weight is 384 g/mol. The van der Waals surface area contributed by atoms with Gasteiger partial charge < -0.3 is 9.47 Å². The van der Waals surface area contributed by atoms with Gasteiger partial charge in [0.1, 0.15) is 11.6 Å². The number of aromatic nitrogens is 7. The predicted octanol–water partition coefficient (Wildman–Crippen LogP) is 1.76. The van der Waals surface area contributed by atoms with Crippen molar-refractivity contribution >= 4 is 5.91 Å². The molecule has 3 aromatic rings. The van der Waals surface area contributed by atoms with Gasteiger partial charge in [0.15, 0.2) is 5.82 Å². The summed E-state index contributed by atoms with van der Waals surface area (Å²) in [7, 11) is 0. The first-order valence-corrected chi connectivity index (χ1v) is 9.23. The van der Waals surface area contributed by atoms with Crippen LogP contribution in [0, 0.1) is 12.7 Å². The number of nitrogens with zero attached hydrogens (tertiary/aromatic N) is 8. The average Bonchev–Trinajstić information content (AvgIpc) is 3.29. The maximum Gasteiger partial charge on any atom is 0.223 e. The number of carbonyl (C=O) groups excluding carboxylic acids is 1. The third-order valence-corrected chi connectivity index (χ3v) is 4.85. The first kappa shape index (κ1) is 18.2. The molecular formula is C18H21FN8O. The second-order valence-corrected chi connectivity index (χ2v) is 6.98. The fraction of sp³-hybridized carbons (Fsp3) is 0.444. The van der Waals surface area contributed by atoms with E-state index >= 15 is 0 Å². The van der Waals surface area contributed by atoms with Gasteiger partial charge in [-0.15, -0.1) is 20.4 Å². The van der Waals surface area contributed by atoms with Gasteiger partial charge in [0, 0.05) is 18.5 Å². The molecule has 1 atom stereocenters. The largest absolute Gasteiger partial charge is 0.333 e. The second-order valence-electron chi connectivity index (χ2n) is 6.98. The molecular weight excluding hydrogens is 363 g/mol. The molecule has 1 amide bonds. The molecule has 2 aromatic heterocycles. The van der Waals surface area contributed by atoms with E-state index in [-0.39, 0.29) is 17.8 Å². The minimum atomic E-state index is -0.310. The molecule has 1 aromatic carbocycles. The third-order valence-electron chi connectivity index (χ3n) is 4.85. The summed E-state index contributed by atoms with van der Waals surface area (Å²) < 4.78 is 15.1. The smallest absolute Gasteiger partial charge is 0.223 e. The lowest BCUT2D eigenvalue weighted by Gasteiger charge is -2.32. The Labute approximate surface area is 161 Å². The molecule has 1 unspecified atom stereocenters. The standard InChI is InChI=1S/C18H21FN8O/c1-12-10-25(11-16-21-20-13(2)27(12)16)17(28)4-3-9-26-23-18(22-24-26)14-5-7-15(19)8-6-14/h5-8,12H,3-4,9-11H2,1-2H3. The van der Waals surface area contributed by atoms with E-state index in [0.29, 0.717) is 43.9 Å². The zero-order valence-electron chi connectivity index (χ0n) is 15.8. The molecule has 0 N–H and O–H groups in total. The Balaban J connectivity index is 1.31. The first-order chi connectivity index (χ1) is 13.5. The van der Waals surface area contributed by atoms with Gasteiger partial charge in [0.05, 0.1) is 19.1 Å². The Bertz CT molecular complexity index is 980. The van der Waals surface area contributed by atoms with Crippen LogP contribution in [0.4, 0.5) is 4.39 Å². The van der Waals surface area contributed by atoms with E-state index in [1.54, 1.807) is 12.1 Å². The summed E-state index contributed by atoms with van der Waals surface area (Å²) >= 11 is 0. The van der Waals surface area contributed by atoms with Gasteiger partial charge in [0.2, 0.25) is 11.7 Å². The first-order valence-electron chi connectivity index (χ1n) is 9.23. The number of amides is 1. The molecule has 3 heterocycles. The molecule has 1 aliphatic heterocycles. The van der Waals surface area contributed by atoms with E-state index < -0.39 is 0 Å². The molecule has 0 spiro atoms. The number of hydrogen-bond donors (Lipinski definition) is 0. The molecule has 10 heteroatoms. The summed E-state index contributed by atoms with van der Waals surface area (Å²) in [5, 5.41) is 20.6. The molecule has 28 heavy (non-hydrogen) atoms. The Morgan fingerprint density at radius 2 is 2.00 bits per heavy atom. The van der Waals surface area contributed by atoms with Crippen LogP contribution >= 0.6 is 0 Å². The number of carbonyl (C=O) groups is 1. The van der Waals surface area contributed by atoms with Gasteiger partial charge in [-0.25, -0.2) is 4.39 Å². The fourth-order valence-corrected chi connectivity index (χ4v) is 3.50. The van der Waals surface area contributed by atoms with Crippen molar-refractivity contribution in [2.45, 2.75) is 45.8 Å². The fourth-order valence-electron chi connectivity index (χ4n) is 3.50. The van der Waals surface area contributed by atoms with Gasteiger partial charge in [0.25, 0.3) is 0 Å². The van der Waals surface area contributed by atoms with Crippen molar-refractivity contribution in [1.82, 2.24) is 39.9 Å². The van der Waals surface area contributed by atoms with Crippen LogP contribution in [0.1, 0.15) is 37.5 Å². The normalized spacial score (nSPS) is 16.2. The van der Waals surface area contributed by atoms with Gasteiger partial charge in [-0.2, -0.15) is 4.80 Å². The second kappa shape index (κ2) is 7.45. The topological polar surface area (TPSA) is 94.6 Å². The maximum absolute atomic E-state index is 13.0. The number of halogens is 1. The van der Waals surface area contributed by atoms with Crippen LogP contribution in [0.5, 0.6) is 0 Å². The SMILES string of the molecule is Cc1nnc2n1C(C)CN(C(=O)CCCn1nnc(-c3ccc(F)cc3)n1)C2. The number of rotatable bonds is 5. The van der Waals surface area contributed by atoms with Crippen molar-refractivity contribution in [2.24, 2.45) is 0 Å². The number of tetrazole rings is 1. The Morgan fingerprint density at radius 1 is 1.21 bits per heavy atom. The van der Waals surface area contributed by atoms with E-state index in [9.17, 15) is 9.18 Å². The van der Waals surface area contributed by atoms with Crippen molar-refractivity contribution in [1.29, 1.82) is 0 Å².